The Balaban J connectivity index is 3.25. The van der Waals surface area contributed by atoms with Gasteiger partial charge in [0.05, 0.1) is 6.10 Å². The summed E-state index contributed by atoms with van der Waals surface area (Å²) in [6.45, 7) is 5.76. The fourth-order valence-electron chi connectivity index (χ4n) is 1.70. The number of rotatable bonds is 5. The van der Waals surface area contributed by atoms with Gasteiger partial charge in [-0.25, -0.2) is 8.42 Å². The summed E-state index contributed by atoms with van der Waals surface area (Å²) in [5.74, 6) is 0.342. The van der Waals surface area contributed by atoms with Gasteiger partial charge in [-0.2, -0.15) is 0 Å². The fourth-order valence-corrected chi connectivity index (χ4v) is 3.46. The molecule has 1 unspecified atom stereocenters. The molecule has 0 radical (unpaired) electrons. The fraction of sp³-hybridized carbons (Fsp3) is 0.500. The zero-order chi connectivity index (χ0) is 13.9. The van der Waals surface area contributed by atoms with Gasteiger partial charge in [-0.1, -0.05) is 29.3 Å². The Morgan fingerprint density at radius 3 is 2.56 bits per heavy atom. The summed E-state index contributed by atoms with van der Waals surface area (Å²) < 4.78 is 29.5. The van der Waals surface area contributed by atoms with Crippen LogP contribution in [-0.4, -0.2) is 14.5 Å². The molecule has 102 valence electrons. The van der Waals surface area contributed by atoms with Crippen LogP contribution < -0.4 is 4.74 Å². The molecule has 18 heavy (non-hydrogen) atoms. The van der Waals surface area contributed by atoms with Crippen molar-refractivity contribution in [3.8, 4) is 5.75 Å². The maximum absolute atomic E-state index is 11.6. The molecular formula is C12H16BrClO3S. The van der Waals surface area contributed by atoms with Crippen LogP contribution in [-0.2, 0) is 9.05 Å². The van der Waals surface area contributed by atoms with E-state index in [1.165, 1.54) is 6.07 Å². The number of aryl methyl sites for hydroxylation is 1. The second kappa shape index (κ2) is 6.26. The molecule has 0 aliphatic heterocycles. The van der Waals surface area contributed by atoms with E-state index < -0.39 is 9.05 Å². The van der Waals surface area contributed by atoms with Gasteiger partial charge in [0.15, 0.2) is 0 Å². The summed E-state index contributed by atoms with van der Waals surface area (Å²) in [5.41, 5.74) is 0.742. The Morgan fingerprint density at radius 1 is 1.44 bits per heavy atom. The van der Waals surface area contributed by atoms with E-state index in [1.807, 2.05) is 13.8 Å². The minimum absolute atomic E-state index is 0.0130. The molecule has 0 spiro atoms. The third-order valence-electron chi connectivity index (χ3n) is 2.48. The zero-order valence-electron chi connectivity index (χ0n) is 10.5. The topological polar surface area (TPSA) is 43.4 Å². The van der Waals surface area contributed by atoms with E-state index in [4.69, 9.17) is 15.4 Å². The van der Waals surface area contributed by atoms with Crippen molar-refractivity contribution in [2.24, 2.45) is 0 Å². The number of ether oxygens (including phenoxy) is 1. The van der Waals surface area contributed by atoms with Crippen molar-refractivity contribution in [3.63, 3.8) is 0 Å². The first kappa shape index (κ1) is 15.8. The van der Waals surface area contributed by atoms with E-state index in [2.05, 4.69) is 15.9 Å². The first-order chi connectivity index (χ1) is 8.25. The van der Waals surface area contributed by atoms with Crippen LogP contribution in [0.2, 0.25) is 0 Å². The molecule has 1 atom stereocenters. The highest BCUT2D eigenvalue weighted by atomic mass is 79.9. The van der Waals surface area contributed by atoms with Gasteiger partial charge in [0, 0.05) is 15.2 Å². The molecule has 0 N–H and O–H groups in total. The van der Waals surface area contributed by atoms with E-state index in [0.29, 0.717) is 10.2 Å². The van der Waals surface area contributed by atoms with Crippen LogP contribution in [0.3, 0.4) is 0 Å². The number of halogens is 2. The van der Waals surface area contributed by atoms with Crippen LogP contribution in [0.4, 0.5) is 0 Å². The number of benzene rings is 1. The van der Waals surface area contributed by atoms with Gasteiger partial charge in [-0.3, -0.25) is 0 Å². The lowest BCUT2D eigenvalue weighted by atomic mass is 10.2. The molecule has 1 rings (SSSR count). The summed E-state index contributed by atoms with van der Waals surface area (Å²) in [7, 11) is 1.62. The lowest BCUT2D eigenvalue weighted by Crippen LogP contribution is -2.13. The molecule has 3 nitrogen and oxygen atoms in total. The average molecular weight is 356 g/mol. The van der Waals surface area contributed by atoms with E-state index in [9.17, 15) is 8.42 Å². The lowest BCUT2D eigenvalue weighted by Gasteiger charge is -2.18. The molecule has 1 aromatic carbocycles. The molecule has 0 amide bonds. The SMILES string of the molecule is CCCC(C)Oc1c(C)cc(Br)cc1S(=O)(=O)Cl. The quantitative estimate of drug-likeness (QED) is 0.741. The first-order valence-corrected chi connectivity index (χ1v) is 8.77. The second-order valence-electron chi connectivity index (χ2n) is 4.20. The standard InChI is InChI=1S/C12H16BrClO3S/c1-4-5-9(3)17-12-8(2)6-10(13)7-11(12)18(14,15)16/h6-7,9H,4-5H2,1-3H3. The molecule has 0 saturated carbocycles. The van der Waals surface area contributed by atoms with Crippen molar-refractivity contribution in [1.82, 2.24) is 0 Å². The molecule has 0 fully saturated rings. The van der Waals surface area contributed by atoms with E-state index >= 15 is 0 Å². The van der Waals surface area contributed by atoms with Gasteiger partial charge in [-0.15, -0.1) is 0 Å². The number of hydrogen-bond acceptors (Lipinski definition) is 3. The maximum Gasteiger partial charge on any atom is 0.265 e. The summed E-state index contributed by atoms with van der Waals surface area (Å²) in [4.78, 5) is 0.0130. The average Bonchev–Trinajstić information content (AvgIpc) is 2.20. The lowest BCUT2D eigenvalue weighted by molar-refractivity contribution is 0.203. The van der Waals surface area contributed by atoms with Crippen molar-refractivity contribution < 1.29 is 13.2 Å². The zero-order valence-corrected chi connectivity index (χ0v) is 13.7. The van der Waals surface area contributed by atoms with Crippen molar-refractivity contribution in [3.05, 3.63) is 22.2 Å². The highest BCUT2D eigenvalue weighted by Crippen LogP contribution is 2.34. The van der Waals surface area contributed by atoms with Crippen molar-refractivity contribution >= 4 is 35.7 Å². The Hall–Kier alpha value is -0.260. The van der Waals surface area contributed by atoms with Crippen LogP contribution in [0.5, 0.6) is 5.75 Å². The minimum atomic E-state index is -3.82. The normalized spacial score (nSPS) is 13.4. The minimum Gasteiger partial charge on any atom is -0.489 e. The molecule has 6 heteroatoms. The van der Waals surface area contributed by atoms with Gasteiger partial charge in [0.1, 0.15) is 10.6 Å². The molecule has 0 aromatic heterocycles. The van der Waals surface area contributed by atoms with Crippen LogP contribution >= 0.6 is 26.6 Å². The van der Waals surface area contributed by atoms with E-state index in [1.54, 1.807) is 13.0 Å². The summed E-state index contributed by atoms with van der Waals surface area (Å²) in [5, 5.41) is 0. The van der Waals surface area contributed by atoms with Crippen molar-refractivity contribution in [1.29, 1.82) is 0 Å². The second-order valence-corrected chi connectivity index (χ2v) is 7.65. The third-order valence-corrected chi connectivity index (χ3v) is 4.27. The monoisotopic (exact) mass is 354 g/mol. The molecule has 0 saturated heterocycles. The summed E-state index contributed by atoms with van der Waals surface area (Å²) in [6.07, 6.45) is 1.78. The first-order valence-electron chi connectivity index (χ1n) is 5.67. The van der Waals surface area contributed by atoms with Gasteiger partial charge in [0.2, 0.25) is 0 Å². The largest absolute Gasteiger partial charge is 0.489 e. The molecule has 1 aromatic rings. The van der Waals surface area contributed by atoms with Crippen LogP contribution in [0.1, 0.15) is 32.3 Å². The summed E-state index contributed by atoms with van der Waals surface area (Å²) >= 11 is 3.26. The van der Waals surface area contributed by atoms with Crippen molar-refractivity contribution in [2.45, 2.75) is 44.6 Å². The van der Waals surface area contributed by atoms with Crippen LogP contribution in [0.25, 0.3) is 0 Å². The number of hydrogen-bond donors (Lipinski definition) is 0. The van der Waals surface area contributed by atoms with Crippen LogP contribution in [0, 0.1) is 6.92 Å². The van der Waals surface area contributed by atoms with E-state index in [-0.39, 0.29) is 11.0 Å². The van der Waals surface area contributed by atoms with Gasteiger partial charge < -0.3 is 4.74 Å². The molecule has 0 aliphatic rings. The molecular weight excluding hydrogens is 340 g/mol. The highest BCUT2D eigenvalue weighted by Gasteiger charge is 2.21. The summed E-state index contributed by atoms with van der Waals surface area (Å²) in [6, 6.07) is 3.27. The smallest absolute Gasteiger partial charge is 0.265 e. The predicted molar refractivity (Wildman–Crippen MR) is 76.9 cm³/mol. The van der Waals surface area contributed by atoms with Gasteiger partial charge in [0.25, 0.3) is 9.05 Å². The van der Waals surface area contributed by atoms with Crippen LogP contribution in [0.15, 0.2) is 21.5 Å². The Morgan fingerprint density at radius 2 is 2.06 bits per heavy atom. The highest BCUT2D eigenvalue weighted by molar-refractivity contribution is 9.10. The predicted octanol–water partition coefficient (Wildman–Crippen LogP) is 4.25. The van der Waals surface area contributed by atoms with E-state index in [0.717, 1.165) is 18.4 Å². The van der Waals surface area contributed by atoms with Gasteiger partial charge in [-0.05, 0) is 38.0 Å². The molecule has 0 bridgehead atoms. The molecule has 0 heterocycles. The third kappa shape index (κ3) is 4.14. The van der Waals surface area contributed by atoms with Crippen molar-refractivity contribution in [2.75, 3.05) is 0 Å². The molecule has 0 aliphatic carbocycles. The Kier molecular flexibility index (Phi) is 5.49. The van der Waals surface area contributed by atoms with Gasteiger partial charge >= 0.3 is 0 Å². The maximum atomic E-state index is 11.6. The Labute approximate surface area is 121 Å². The Bertz CT molecular complexity index is 528.